The molecule has 236 valence electrons. The van der Waals surface area contributed by atoms with Gasteiger partial charge < -0.3 is 19.7 Å². The van der Waals surface area contributed by atoms with Crippen LogP contribution < -0.4 is 19.1 Å². The minimum absolute atomic E-state index is 0.0433. The van der Waals surface area contributed by atoms with Crippen LogP contribution in [-0.4, -0.2) is 59.0 Å². The van der Waals surface area contributed by atoms with Gasteiger partial charge in [-0.25, -0.2) is 12.8 Å². The zero-order chi connectivity index (χ0) is 32.6. The highest BCUT2D eigenvalue weighted by atomic mass is 35.5. The molecule has 0 fully saturated rings. The molecule has 4 rings (SSSR count). The number of nitrogens with one attached hydrogen (secondary N) is 1. The molecular formula is C33H33ClFN3O6S. The molecule has 0 aliphatic heterocycles. The molecule has 12 heteroatoms. The van der Waals surface area contributed by atoms with Crippen LogP contribution in [0, 0.1) is 5.82 Å². The molecule has 2 amide bonds. The number of carbonyl (C=O) groups excluding carboxylic acids is 2. The number of halogens is 2. The van der Waals surface area contributed by atoms with Crippen LogP contribution in [0.5, 0.6) is 11.5 Å². The monoisotopic (exact) mass is 653 g/mol. The first-order valence-corrected chi connectivity index (χ1v) is 15.7. The fraction of sp³-hybridized carbons (Fsp3) is 0.212. The van der Waals surface area contributed by atoms with E-state index in [9.17, 15) is 22.4 Å². The van der Waals surface area contributed by atoms with Gasteiger partial charge in [-0.15, -0.1) is 0 Å². The second-order valence-electron chi connectivity index (χ2n) is 9.98. The Bertz CT molecular complexity index is 1740. The molecule has 0 saturated carbocycles. The standard InChI is InChI=1S/C33H33ClFN3O6S/c1-36-33(40)29(19-23-8-5-4-6-9-23)37(21-24-10-7-11-25(34)18-24)32(39)22-38(27-14-12-26(35)13-15-27)45(41,42)28-16-17-30(43-2)31(20-28)44-3/h4-18,20,29H,19,21-22H2,1-3H3,(H,36,40). The molecule has 0 aromatic heterocycles. The maximum absolute atomic E-state index is 14.3. The minimum Gasteiger partial charge on any atom is -0.493 e. The van der Waals surface area contributed by atoms with Crippen LogP contribution in [0.15, 0.2) is 102 Å². The Hall–Kier alpha value is -4.61. The van der Waals surface area contributed by atoms with Gasteiger partial charge in [0.25, 0.3) is 10.0 Å². The summed E-state index contributed by atoms with van der Waals surface area (Å²) in [6.45, 7) is -0.747. The van der Waals surface area contributed by atoms with Crippen molar-refractivity contribution in [1.29, 1.82) is 0 Å². The number of carbonyl (C=O) groups is 2. The number of sulfonamides is 1. The Kier molecular flexibility index (Phi) is 11.0. The van der Waals surface area contributed by atoms with Crippen LogP contribution in [0.1, 0.15) is 11.1 Å². The van der Waals surface area contributed by atoms with Gasteiger partial charge in [-0.3, -0.25) is 13.9 Å². The molecular weight excluding hydrogens is 621 g/mol. The van der Waals surface area contributed by atoms with Crippen LogP contribution in [0.25, 0.3) is 0 Å². The van der Waals surface area contributed by atoms with E-state index in [1.54, 1.807) is 24.3 Å². The van der Waals surface area contributed by atoms with Crippen molar-refractivity contribution in [3.05, 3.63) is 119 Å². The lowest BCUT2D eigenvalue weighted by Crippen LogP contribution is -2.53. The fourth-order valence-electron chi connectivity index (χ4n) is 4.79. The number of amides is 2. The Morgan fingerprint density at radius 2 is 1.53 bits per heavy atom. The van der Waals surface area contributed by atoms with E-state index in [0.29, 0.717) is 16.3 Å². The van der Waals surface area contributed by atoms with Crippen LogP contribution >= 0.6 is 11.6 Å². The molecule has 1 N–H and O–H groups in total. The van der Waals surface area contributed by atoms with Gasteiger partial charge in [0.05, 0.1) is 24.8 Å². The molecule has 4 aromatic rings. The first-order chi connectivity index (χ1) is 21.6. The first kappa shape index (κ1) is 33.3. The van der Waals surface area contributed by atoms with Crippen molar-refractivity contribution in [2.45, 2.75) is 23.9 Å². The number of likely N-dealkylation sites (N-methyl/N-ethyl adjacent to an activating group) is 1. The highest BCUT2D eigenvalue weighted by molar-refractivity contribution is 7.92. The molecule has 1 atom stereocenters. The lowest BCUT2D eigenvalue weighted by molar-refractivity contribution is -0.139. The summed E-state index contributed by atoms with van der Waals surface area (Å²) in [5.74, 6) is -1.23. The second-order valence-corrected chi connectivity index (χ2v) is 12.3. The summed E-state index contributed by atoms with van der Waals surface area (Å²) in [5.41, 5.74) is 1.47. The Labute approximate surface area is 267 Å². The largest absolute Gasteiger partial charge is 0.493 e. The molecule has 0 bridgehead atoms. The van der Waals surface area contributed by atoms with Crippen molar-refractivity contribution in [3.63, 3.8) is 0 Å². The van der Waals surface area contributed by atoms with E-state index in [4.69, 9.17) is 21.1 Å². The van der Waals surface area contributed by atoms with Crippen molar-refractivity contribution in [2.75, 3.05) is 32.1 Å². The zero-order valence-electron chi connectivity index (χ0n) is 24.9. The molecule has 0 aliphatic rings. The topological polar surface area (TPSA) is 105 Å². The average molecular weight is 654 g/mol. The second kappa shape index (κ2) is 14.9. The number of anilines is 1. The highest BCUT2D eigenvalue weighted by Gasteiger charge is 2.34. The van der Waals surface area contributed by atoms with E-state index in [2.05, 4.69) is 5.32 Å². The van der Waals surface area contributed by atoms with Gasteiger partial charge in [0.2, 0.25) is 11.8 Å². The van der Waals surface area contributed by atoms with E-state index in [1.807, 2.05) is 30.3 Å². The van der Waals surface area contributed by atoms with Crippen molar-refractivity contribution in [1.82, 2.24) is 10.2 Å². The Morgan fingerprint density at radius 1 is 0.867 bits per heavy atom. The quantitative estimate of drug-likeness (QED) is 0.216. The third-order valence-corrected chi connectivity index (χ3v) is 9.10. The van der Waals surface area contributed by atoms with Crippen LogP contribution in [0.2, 0.25) is 5.02 Å². The van der Waals surface area contributed by atoms with Gasteiger partial charge in [-0.2, -0.15) is 0 Å². The molecule has 0 saturated heterocycles. The van der Waals surface area contributed by atoms with E-state index in [-0.39, 0.29) is 29.3 Å². The first-order valence-electron chi connectivity index (χ1n) is 13.9. The number of ether oxygens (including phenoxy) is 2. The predicted octanol–water partition coefficient (Wildman–Crippen LogP) is 5.08. The maximum Gasteiger partial charge on any atom is 0.264 e. The summed E-state index contributed by atoms with van der Waals surface area (Å²) in [4.78, 5) is 28.8. The molecule has 0 radical (unpaired) electrons. The molecule has 45 heavy (non-hydrogen) atoms. The summed E-state index contributed by atoms with van der Waals surface area (Å²) in [5, 5.41) is 3.06. The van der Waals surface area contributed by atoms with E-state index in [0.717, 1.165) is 22.0 Å². The van der Waals surface area contributed by atoms with Gasteiger partial charge >= 0.3 is 0 Å². The normalized spacial score (nSPS) is 11.8. The van der Waals surface area contributed by atoms with Crippen LogP contribution in [-0.2, 0) is 32.6 Å². The Morgan fingerprint density at radius 3 is 2.16 bits per heavy atom. The van der Waals surface area contributed by atoms with Crippen molar-refractivity contribution >= 4 is 39.1 Å². The summed E-state index contributed by atoms with van der Waals surface area (Å²) in [7, 11) is -0.181. The zero-order valence-corrected chi connectivity index (χ0v) is 26.5. The molecule has 9 nitrogen and oxygen atoms in total. The van der Waals surface area contributed by atoms with E-state index >= 15 is 0 Å². The number of nitrogens with zero attached hydrogens (tertiary/aromatic N) is 2. The summed E-state index contributed by atoms with van der Waals surface area (Å²) >= 11 is 6.24. The van der Waals surface area contributed by atoms with Gasteiger partial charge in [-0.05, 0) is 59.7 Å². The smallest absolute Gasteiger partial charge is 0.264 e. The molecule has 4 aromatic carbocycles. The average Bonchev–Trinajstić information content (AvgIpc) is 3.05. The summed E-state index contributed by atoms with van der Waals surface area (Å²) in [6, 6.07) is 23.8. The lowest BCUT2D eigenvalue weighted by Gasteiger charge is -2.33. The molecule has 0 spiro atoms. The van der Waals surface area contributed by atoms with E-state index in [1.165, 1.54) is 56.5 Å². The van der Waals surface area contributed by atoms with Gasteiger partial charge in [0.1, 0.15) is 18.4 Å². The third kappa shape index (κ3) is 8.11. The van der Waals surface area contributed by atoms with Crippen LogP contribution in [0.3, 0.4) is 0 Å². The molecule has 1 unspecified atom stereocenters. The fourth-order valence-corrected chi connectivity index (χ4v) is 6.44. The number of hydrogen-bond acceptors (Lipinski definition) is 6. The van der Waals surface area contributed by atoms with Crippen molar-refractivity contribution < 1.29 is 31.9 Å². The predicted molar refractivity (Wildman–Crippen MR) is 170 cm³/mol. The summed E-state index contributed by atoms with van der Waals surface area (Å²) in [6.07, 6.45) is 0.159. The minimum atomic E-state index is -4.44. The Balaban J connectivity index is 1.81. The number of hydrogen-bond donors (Lipinski definition) is 1. The van der Waals surface area contributed by atoms with E-state index < -0.39 is 40.2 Å². The third-order valence-electron chi connectivity index (χ3n) is 7.10. The van der Waals surface area contributed by atoms with Gasteiger partial charge in [0, 0.05) is 31.1 Å². The number of benzene rings is 4. The highest BCUT2D eigenvalue weighted by Crippen LogP contribution is 2.32. The summed E-state index contributed by atoms with van der Waals surface area (Å²) < 4.78 is 53.7. The van der Waals surface area contributed by atoms with Crippen molar-refractivity contribution in [3.8, 4) is 11.5 Å². The number of rotatable bonds is 13. The SMILES string of the molecule is CNC(=O)C(Cc1ccccc1)N(Cc1cccc(Cl)c1)C(=O)CN(c1ccc(F)cc1)S(=O)(=O)c1ccc(OC)c(OC)c1. The number of methoxy groups -OCH3 is 2. The maximum atomic E-state index is 14.3. The van der Waals surface area contributed by atoms with Crippen molar-refractivity contribution in [2.24, 2.45) is 0 Å². The lowest BCUT2D eigenvalue weighted by atomic mass is 10.0. The van der Waals surface area contributed by atoms with Crippen LogP contribution in [0.4, 0.5) is 10.1 Å². The molecule has 0 heterocycles. The van der Waals surface area contributed by atoms with Gasteiger partial charge in [0.15, 0.2) is 11.5 Å². The van der Waals surface area contributed by atoms with Gasteiger partial charge in [-0.1, -0.05) is 54.1 Å². The molecule has 0 aliphatic carbocycles.